The van der Waals surface area contributed by atoms with Crippen LogP contribution in [0.2, 0.25) is 0 Å². The van der Waals surface area contributed by atoms with Crippen molar-refractivity contribution < 1.29 is 19.5 Å². The smallest absolute Gasteiger partial charge is 0.311 e. The molecule has 0 saturated heterocycles. The quantitative estimate of drug-likeness (QED) is 0.626. The van der Waals surface area contributed by atoms with Gasteiger partial charge in [-0.3, -0.25) is 14.4 Å². The van der Waals surface area contributed by atoms with Crippen LogP contribution in [0, 0.1) is 17.3 Å². The van der Waals surface area contributed by atoms with Gasteiger partial charge in [-0.05, 0) is 24.7 Å². The molecule has 0 aromatic rings. The van der Waals surface area contributed by atoms with Gasteiger partial charge in [-0.25, -0.2) is 0 Å². The molecular weight excluding hydrogens is 272 g/mol. The number of nitrogens with one attached hydrogen (secondary N) is 2. The van der Waals surface area contributed by atoms with E-state index in [9.17, 15) is 14.4 Å². The Morgan fingerprint density at radius 1 is 1.14 bits per heavy atom. The third-order valence-electron chi connectivity index (χ3n) is 3.77. The first-order chi connectivity index (χ1) is 9.68. The number of carboxylic acid groups (broad SMARTS) is 1. The predicted molar refractivity (Wildman–Crippen MR) is 78.5 cm³/mol. The summed E-state index contributed by atoms with van der Waals surface area (Å²) in [6.45, 7) is 7.71. The Bertz CT molecular complexity index is 414. The number of carbonyl (C=O) groups is 3. The summed E-state index contributed by atoms with van der Waals surface area (Å²) < 4.78 is 0. The number of amides is 2. The van der Waals surface area contributed by atoms with E-state index >= 15 is 0 Å². The highest BCUT2D eigenvalue weighted by Crippen LogP contribution is 2.45. The summed E-state index contributed by atoms with van der Waals surface area (Å²) in [5, 5.41) is 14.5. The second kappa shape index (κ2) is 6.91. The zero-order valence-electron chi connectivity index (χ0n) is 13.2. The van der Waals surface area contributed by atoms with Gasteiger partial charge in [0.1, 0.15) is 6.04 Å². The van der Waals surface area contributed by atoms with Gasteiger partial charge in [0.15, 0.2) is 0 Å². The first-order valence-corrected chi connectivity index (χ1v) is 7.48. The summed E-state index contributed by atoms with van der Waals surface area (Å²) in [7, 11) is 0. The molecular formula is C15H26N2O4. The lowest BCUT2D eigenvalue weighted by atomic mass is 10.0. The van der Waals surface area contributed by atoms with Crippen LogP contribution in [0.15, 0.2) is 0 Å². The molecule has 0 bridgehead atoms. The molecule has 1 aliphatic rings. The molecule has 1 saturated carbocycles. The first kappa shape index (κ1) is 17.5. The molecule has 6 nitrogen and oxygen atoms in total. The Morgan fingerprint density at radius 2 is 1.71 bits per heavy atom. The van der Waals surface area contributed by atoms with Gasteiger partial charge in [-0.1, -0.05) is 27.7 Å². The number of carbonyl (C=O) groups excluding carboxylic acids is 2. The van der Waals surface area contributed by atoms with Crippen LogP contribution in [-0.4, -0.2) is 35.5 Å². The van der Waals surface area contributed by atoms with E-state index < -0.39 is 17.4 Å². The van der Waals surface area contributed by atoms with Crippen molar-refractivity contribution in [3.05, 3.63) is 0 Å². The Kier molecular flexibility index (Phi) is 5.75. The highest BCUT2D eigenvalue weighted by atomic mass is 16.4. The number of carboxylic acids is 1. The summed E-state index contributed by atoms with van der Waals surface area (Å²) in [6.07, 6.45) is 1.55. The minimum absolute atomic E-state index is 0.0545. The molecule has 0 radical (unpaired) electrons. The lowest BCUT2D eigenvalue weighted by molar-refractivity contribution is -0.143. The highest BCUT2D eigenvalue weighted by molar-refractivity contribution is 5.88. The molecule has 1 atom stereocenters. The van der Waals surface area contributed by atoms with Gasteiger partial charge in [0.2, 0.25) is 11.8 Å². The molecule has 21 heavy (non-hydrogen) atoms. The SMILES string of the molecule is CC(C)CC(=O)NC(C(=O)NCC1(C(=O)O)CC1)C(C)C. The number of hydrogen-bond donors (Lipinski definition) is 3. The predicted octanol–water partition coefficient (Wildman–Crippen LogP) is 1.15. The third-order valence-corrected chi connectivity index (χ3v) is 3.77. The molecule has 120 valence electrons. The molecule has 1 fully saturated rings. The number of rotatable bonds is 8. The van der Waals surface area contributed by atoms with Gasteiger partial charge in [-0.2, -0.15) is 0 Å². The van der Waals surface area contributed by atoms with Crippen LogP contribution in [0.4, 0.5) is 0 Å². The van der Waals surface area contributed by atoms with E-state index in [1.54, 1.807) is 0 Å². The van der Waals surface area contributed by atoms with Crippen LogP contribution in [0.5, 0.6) is 0 Å². The van der Waals surface area contributed by atoms with Crippen LogP contribution < -0.4 is 10.6 Å². The van der Waals surface area contributed by atoms with Crippen molar-refractivity contribution in [3.63, 3.8) is 0 Å². The topological polar surface area (TPSA) is 95.5 Å². The minimum Gasteiger partial charge on any atom is -0.481 e. The molecule has 0 aliphatic heterocycles. The molecule has 1 rings (SSSR count). The van der Waals surface area contributed by atoms with Crippen molar-refractivity contribution in [2.75, 3.05) is 6.54 Å². The summed E-state index contributed by atoms with van der Waals surface area (Å²) in [5.41, 5.74) is -0.793. The van der Waals surface area contributed by atoms with E-state index in [1.165, 1.54) is 0 Å². The maximum atomic E-state index is 12.2. The zero-order chi connectivity index (χ0) is 16.2. The molecule has 1 aliphatic carbocycles. The van der Waals surface area contributed by atoms with Gasteiger partial charge in [0, 0.05) is 13.0 Å². The van der Waals surface area contributed by atoms with Gasteiger partial charge in [0.25, 0.3) is 0 Å². The standard InChI is InChI=1S/C15H26N2O4/c1-9(2)7-11(18)17-12(10(3)4)13(19)16-8-15(5-6-15)14(20)21/h9-10,12H,5-8H2,1-4H3,(H,16,19)(H,17,18)(H,20,21). The van der Waals surface area contributed by atoms with E-state index in [0.29, 0.717) is 19.3 Å². The molecule has 2 amide bonds. The van der Waals surface area contributed by atoms with Crippen molar-refractivity contribution in [1.29, 1.82) is 0 Å². The second-order valence-electron chi connectivity index (χ2n) is 6.69. The Morgan fingerprint density at radius 3 is 2.10 bits per heavy atom. The summed E-state index contributed by atoms with van der Waals surface area (Å²) in [4.78, 5) is 35.1. The van der Waals surface area contributed by atoms with E-state index in [2.05, 4.69) is 10.6 Å². The third kappa shape index (κ3) is 5.02. The lowest BCUT2D eigenvalue weighted by Crippen LogP contribution is -2.51. The van der Waals surface area contributed by atoms with Crippen LogP contribution >= 0.6 is 0 Å². The second-order valence-corrected chi connectivity index (χ2v) is 6.69. The summed E-state index contributed by atoms with van der Waals surface area (Å²) in [5.74, 6) is -1.16. The van der Waals surface area contributed by atoms with Gasteiger partial charge in [0.05, 0.1) is 5.41 Å². The monoisotopic (exact) mass is 298 g/mol. The lowest BCUT2D eigenvalue weighted by Gasteiger charge is -2.23. The van der Waals surface area contributed by atoms with Crippen LogP contribution in [0.1, 0.15) is 47.0 Å². The van der Waals surface area contributed by atoms with Crippen molar-refractivity contribution >= 4 is 17.8 Å². The fourth-order valence-corrected chi connectivity index (χ4v) is 2.12. The average Bonchev–Trinajstić information content (AvgIpc) is 3.13. The van der Waals surface area contributed by atoms with Crippen molar-refractivity contribution in [3.8, 4) is 0 Å². The van der Waals surface area contributed by atoms with Crippen LogP contribution in [0.25, 0.3) is 0 Å². The number of aliphatic carboxylic acids is 1. The highest BCUT2D eigenvalue weighted by Gasteiger charge is 2.50. The van der Waals surface area contributed by atoms with E-state index in [0.717, 1.165) is 0 Å². The maximum absolute atomic E-state index is 12.2. The minimum atomic E-state index is -0.868. The van der Waals surface area contributed by atoms with Crippen molar-refractivity contribution in [1.82, 2.24) is 10.6 Å². The van der Waals surface area contributed by atoms with E-state index in [4.69, 9.17) is 5.11 Å². The summed E-state index contributed by atoms with van der Waals surface area (Å²) in [6, 6.07) is -0.624. The van der Waals surface area contributed by atoms with Crippen molar-refractivity contribution in [2.45, 2.75) is 53.0 Å². The molecule has 1 unspecified atom stereocenters. The number of hydrogen-bond acceptors (Lipinski definition) is 3. The summed E-state index contributed by atoms with van der Waals surface area (Å²) >= 11 is 0. The maximum Gasteiger partial charge on any atom is 0.311 e. The van der Waals surface area contributed by atoms with Gasteiger partial charge >= 0.3 is 5.97 Å². The van der Waals surface area contributed by atoms with Crippen molar-refractivity contribution in [2.24, 2.45) is 17.3 Å². The van der Waals surface area contributed by atoms with Gasteiger partial charge in [-0.15, -0.1) is 0 Å². The Labute approximate surface area is 125 Å². The Balaban J connectivity index is 2.54. The zero-order valence-corrected chi connectivity index (χ0v) is 13.2. The fraction of sp³-hybridized carbons (Fsp3) is 0.800. The van der Waals surface area contributed by atoms with E-state index in [-0.39, 0.29) is 30.2 Å². The average molecular weight is 298 g/mol. The molecule has 0 aromatic heterocycles. The first-order valence-electron chi connectivity index (χ1n) is 7.48. The Hall–Kier alpha value is -1.59. The van der Waals surface area contributed by atoms with E-state index in [1.807, 2.05) is 27.7 Å². The van der Waals surface area contributed by atoms with Crippen LogP contribution in [0.3, 0.4) is 0 Å². The molecule has 3 N–H and O–H groups in total. The molecule has 0 heterocycles. The molecule has 6 heteroatoms. The molecule has 0 spiro atoms. The van der Waals surface area contributed by atoms with Gasteiger partial charge < -0.3 is 15.7 Å². The van der Waals surface area contributed by atoms with Crippen LogP contribution in [-0.2, 0) is 14.4 Å². The fourth-order valence-electron chi connectivity index (χ4n) is 2.12. The largest absolute Gasteiger partial charge is 0.481 e. The molecule has 0 aromatic carbocycles. The normalized spacial score (nSPS) is 17.4.